The van der Waals surface area contributed by atoms with Crippen LogP contribution in [0, 0.1) is 6.92 Å². The quantitative estimate of drug-likeness (QED) is 0.667. The zero-order valence-electron chi connectivity index (χ0n) is 11.2. The molecule has 0 bridgehead atoms. The van der Waals surface area contributed by atoms with E-state index in [-0.39, 0.29) is 5.78 Å². The average molecular weight is 398 g/mol. The SMILES string of the molecule is CCOc1ccc(Br)cc1C(=O)c1ccc(C)cc1Br. The molecule has 0 aliphatic carbocycles. The molecule has 104 valence electrons. The van der Waals surface area contributed by atoms with Crippen molar-refractivity contribution in [3.8, 4) is 5.75 Å². The fourth-order valence-corrected chi connectivity index (χ4v) is 2.94. The normalized spacial score (nSPS) is 10.4. The largest absolute Gasteiger partial charge is 0.493 e. The van der Waals surface area contributed by atoms with E-state index in [0.29, 0.717) is 23.5 Å². The second kappa shape index (κ2) is 6.55. The molecule has 0 atom stereocenters. The van der Waals surface area contributed by atoms with Crippen molar-refractivity contribution in [2.75, 3.05) is 6.61 Å². The molecule has 0 aliphatic heterocycles. The van der Waals surface area contributed by atoms with Gasteiger partial charge in [0, 0.05) is 14.5 Å². The molecule has 0 spiro atoms. The Balaban J connectivity index is 2.49. The third-order valence-electron chi connectivity index (χ3n) is 2.86. The predicted octanol–water partition coefficient (Wildman–Crippen LogP) is 5.15. The molecule has 4 heteroatoms. The van der Waals surface area contributed by atoms with Crippen LogP contribution in [-0.4, -0.2) is 12.4 Å². The standard InChI is InChI=1S/C16H14Br2O2/c1-3-20-15-7-5-11(17)9-13(15)16(19)12-6-4-10(2)8-14(12)18/h4-9H,3H2,1-2H3. The Morgan fingerprint density at radius 2 is 1.85 bits per heavy atom. The molecular formula is C16H14Br2O2. The van der Waals surface area contributed by atoms with Gasteiger partial charge in [0.15, 0.2) is 5.78 Å². The van der Waals surface area contributed by atoms with E-state index in [1.54, 1.807) is 6.07 Å². The van der Waals surface area contributed by atoms with Crippen LogP contribution in [0.1, 0.15) is 28.4 Å². The first kappa shape index (κ1) is 15.3. The van der Waals surface area contributed by atoms with Crippen molar-refractivity contribution in [2.45, 2.75) is 13.8 Å². The van der Waals surface area contributed by atoms with E-state index in [0.717, 1.165) is 14.5 Å². The van der Waals surface area contributed by atoms with Crippen molar-refractivity contribution in [3.63, 3.8) is 0 Å². The van der Waals surface area contributed by atoms with Crippen molar-refractivity contribution in [3.05, 3.63) is 62.0 Å². The number of ketones is 1. The van der Waals surface area contributed by atoms with Crippen molar-refractivity contribution < 1.29 is 9.53 Å². The molecule has 0 radical (unpaired) electrons. The number of rotatable bonds is 4. The fraction of sp³-hybridized carbons (Fsp3) is 0.188. The van der Waals surface area contributed by atoms with Gasteiger partial charge in [-0.2, -0.15) is 0 Å². The molecule has 0 aliphatic rings. The van der Waals surface area contributed by atoms with Crippen LogP contribution in [0.4, 0.5) is 0 Å². The topological polar surface area (TPSA) is 26.3 Å². The van der Waals surface area contributed by atoms with Crippen molar-refractivity contribution in [1.29, 1.82) is 0 Å². The number of hydrogen-bond donors (Lipinski definition) is 0. The summed E-state index contributed by atoms with van der Waals surface area (Å²) < 4.78 is 7.19. The molecule has 0 heterocycles. The molecule has 2 aromatic carbocycles. The Morgan fingerprint density at radius 3 is 2.50 bits per heavy atom. The van der Waals surface area contributed by atoms with Gasteiger partial charge in [-0.05, 0) is 49.7 Å². The molecule has 0 unspecified atom stereocenters. The third-order valence-corrected chi connectivity index (χ3v) is 4.00. The Labute approximate surface area is 135 Å². The molecule has 0 N–H and O–H groups in total. The molecule has 0 saturated carbocycles. The lowest BCUT2D eigenvalue weighted by Gasteiger charge is -2.11. The lowest BCUT2D eigenvalue weighted by Crippen LogP contribution is -2.06. The zero-order chi connectivity index (χ0) is 14.7. The maximum atomic E-state index is 12.7. The highest BCUT2D eigenvalue weighted by molar-refractivity contribution is 9.10. The molecular weight excluding hydrogens is 384 g/mol. The van der Waals surface area contributed by atoms with Gasteiger partial charge >= 0.3 is 0 Å². The lowest BCUT2D eigenvalue weighted by atomic mass is 10.0. The second-order valence-electron chi connectivity index (χ2n) is 4.39. The Morgan fingerprint density at radius 1 is 1.10 bits per heavy atom. The van der Waals surface area contributed by atoms with Crippen molar-refractivity contribution >= 4 is 37.6 Å². The third kappa shape index (κ3) is 3.30. The highest BCUT2D eigenvalue weighted by Crippen LogP contribution is 2.28. The van der Waals surface area contributed by atoms with Gasteiger partial charge < -0.3 is 4.74 Å². The molecule has 2 rings (SSSR count). The van der Waals surface area contributed by atoms with Crippen LogP contribution in [-0.2, 0) is 0 Å². The van der Waals surface area contributed by atoms with Crippen molar-refractivity contribution in [2.24, 2.45) is 0 Å². The number of carbonyl (C=O) groups excluding carboxylic acids is 1. The zero-order valence-corrected chi connectivity index (χ0v) is 14.4. The summed E-state index contributed by atoms with van der Waals surface area (Å²) in [5, 5.41) is 0. The highest BCUT2D eigenvalue weighted by atomic mass is 79.9. The van der Waals surface area contributed by atoms with Gasteiger partial charge in [0.2, 0.25) is 0 Å². The minimum absolute atomic E-state index is 0.0541. The first-order valence-corrected chi connectivity index (χ1v) is 7.84. The molecule has 0 saturated heterocycles. The Hall–Kier alpha value is -1.13. The smallest absolute Gasteiger partial charge is 0.197 e. The predicted molar refractivity (Wildman–Crippen MR) is 87.6 cm³/mol. The molecule has 2 aromatic rings. The first-order valence-electron chi connectivity index (χ1n) is 6.26. The van der Waals surface area contributed by atoms with Gasteiger partial charge in [-0.25, -0.2) is 0 Å². The van der Waals surface area contributed by atoms with Crippen LogP contribution in [0.25, 0.3) is 0 Å². The number of carbonyl (C=O) groups is 1. The van der Waals surface area contributed by atoms with Gasteiger partial charge in [-0.1, -0.05) is 37.9 Å². The van der Waals surface area contributed by atoms with E-state index in [1.807, 2.05) is 44.2 Å². The maximum absolute atomic E-state index is 12.7. The van der Waals surface area contributed by atoms with E-state index in [9.17, 15) is 4.79 Å². The van der Waals surface area contributed by atoms with E-state index >= 15 is 0 Å². The number of hydrogen-bond acceptors (Lipinski definition) is 2. The Kier molecular flexibility index (Phi) is 5.00. The lowest BCUT2D eigenvalue weighted by molar-refractivity contribution is 0.103. The van der Waals surface area contributed by atoms with E-state index in [4.69, 9.17) is 4.74 Å². The summed E-state index contributed by atoms with van der Waals surface area (Å²) in [6.07, 6.45) is 0. The van der Waals surface area contributed by atoms with Crippen LogP contribution < -0.4 is 4.74 Å². The number of ether oxygens (including phenoxy) is 1. The summed E-state index contributed by atoms with van der Waals surface area (Å²) in [7, 11) is 0. The summed E-state index contributed by atoms with van der Waals surface area (Å²) in [4.78, 5) is 12.7. The van der Waals surface area contributed by atoms with Crippen LogP contribution in [0.3, 0.4) is 0 Å². The Bertz CT molecular complexity index is 651. The second-order valence-corrected chi connectivity index (χ2v) is 6.16. The summed E-state index contributed by atoms with van der Waals surface area (Å²) in [6, 6.07) is 11.2. The highest BCUT2D eigenvalue weighted by Gasteiger charge is 2.17. The average Bonchev–Trinajstić information content (AvgIpc) is 2.40. The monoisotopic (exact) mass is 396 g/mol. The van der Waals surface area contributed by atoms with Crippen LogP contribution >= 0.6 is 31.9 Å². The maximum Gasteiger partial charge on any atom is 0.197 e. The van der Waals surface area contributed by atoms with Gasteiger partial charge in [-0.15, -0.1) is 0 Å². The first-order chi connectivity index (χ1) is 9.52. The molecule has 2 nitrogen and oxygen atoms in total. The summed E-state index contributed by atoms with van der Waals surface area (Å²) in [5.74, 6) is 0.551. The van der Waals surface area contributed by atoms with Gasteiger partial charge in [0.25, 0.3) is 0 Å². The summed E-state index contributed by atoms with van der Waals surface area (Å²) in [5.41, 5.74) is 2.30. The number of halogens is 2. The molecule has 0 fully saturated rings. The van der Waals surface area contributed by atoms with Crippen LogP contribution in [0.15, 0.2) is 45.3 Å². The number of benzene rings is 2. The van der Waals surface area contributed by atoms with Gasteiger partial charge in [0.05, 0.1) is 12.2 Å². The van der Waals surface area contributed by atoms with E-state index in [2.05, 4.69) is 31.9 Å². The summed E-state index contributed by atoms with van der Waals surface area (Å²) >= 11 is 6.85. The minimum atomic E-state index is -0.0541. The molecule has 0 amide bonds. The number of aryl methyl sites for hydroxylation is 1. The van der Waals surface area contributed by atoms with Gasteiger partial charge in [0.1, 0.15) is 5.75 Å². The van der Waals surface area contributed by atoms with Crippen LogP contribution in [0.5, 0.6) is 5.75 Å². The minimum Gasteiger partial charge on any atom is -0.493 e. The van der Waals surface area contributed by atoms with Gasteiger partial charge in [-0.3, -0.25) is 4.79 Å². The summed E-state index contributed by atoms with van der Waals surface area (Å²) in [6.45, 7) is 4.42. The van der Waals surface area contributed by atoms with E-state index in [1.165, 1.54) is 0 Å². The van der Waals surface area contributed by atoms with Crippen molar-refractivity contribution in [1.82, 2.24) is 0 Å². The van der Waals surface area contributed by atoms with E-state index < -0.39 is 0 Å². The molecule has 20 heavy (non-hydrogen) atoms. The van der Waals surface area contributed by atoms with Crippen LogP contribution in [0.2, 0.25) is 0 Å². The molecule has 0 aromatic heterocycles. The fourth-order valence-electron chi connectivity index (χ4n) is 1.91.